The van der Waals surface area contributed by atoms with E-state index in [1.807, 2.05) is 54.6 Å². The zero-order valence-corrected chi connectivity index (χ0v) is 17.4. The number of hydrogen-bond acceptors (Lipinski definition) is 3. The van der Waals surface area contributed by atoms with Gasteiger partial charge < -0.3 is 15.0 Å². The van der Waals surface area contributed by atoms with Gasteiger partial charge in [0.25, 0.3) is 0 Å². The predicted octanol–water partition coefficient (Wildman–Crippen LogP) is 3.77. The van der Waals surface area contributed by atoms with Gasteiger partial charge in [-0.05, 0) is 42.7 Å². The highest BCUT2D eigenvalue weighted by molar-refractivity contribution is 9.10. The second-order valence-corrected chi connectivity index (χ2v) is 7.85. The van der Waals surface area contributed by atoms with Gasteiger partial charge in [-0.1, -0.05) is 46.3 Å². The molecule has 0 spiro atoms. The summed E-state index contributed by atoms with van der Waals surface area (Å²) in [7, 11) is 0. The lowest BCUT2D eigenvalue weighted by Crippen LogP contribution is -2.45. The Morgan fingerprint density at radius 1 is 1.14 bits per heavy atom. The average Bonchev–Trinajstić information content (AvgIpc) is 2.73. The van der Waals surface area contributed by atoms with Crippen molar-refractivity contribution in [1.82, 2.24) is 10.2 Å². The molecule has 3 rings (SSSR count). The summed E-state index contributed by atoms with van der Waals surface area (Å²) in [6, 6.07) is 17.3. The molecule has 2 aromatic rings. The van der Waals surface area contributed by atoms with Gasteiger partial charge in [0, 0.05) is 24.1 Å². The predicted molar refractivity (Wildman–Crippen MR) is 112 cm³/mol. The number of nitrogens with zero attached hydrogens (tertiary/aromatic N) is 1. The van der Waals surface area contributed by atoms with Gasteiger partial charge in [-0.3, -0.25) is 9.59 Å². The summed E-state index contributed by atoms with van der Waals surface area (Å²) in [4.78, 5) is 26.8. The highest BCUT2D eigenvalue weighted by Gasteiger charge is 2.28. The number of ether oxygens (including phenoxy) is 1. The van der Waals surface area contributed by atoms with Gasteiger partial charge in [0.1, 0.15) is 5.75 Å². The smallest absolute Gasteiger partial charge is 0.226 e. The number of likely N-dealkylation sites (tertiary alicyclic amines) is 1. The fourth-order valence-corrected chi connectivity index (χ4v) is 3.78. The third-order valence-electron chi connectivity index (χ3n) is 4.83. The Bertz CT molecular complexity index is 797. The Kier molecular flexibility index (Phi) is 7.48. The van der Waals surface area contributed by atoms with Crippen molar-refractivity contribution in [1.29, 1.82) is 0 Å². The Labute approximate surface area is 174 Å². The molecule has 1 saturated heterocycles. The van der Waals surface area contributed by atoms with Crippen LogP contribution in [0.15, 0.2) is 59.1 Å². The van der Waals surface area contributed by atoms with Crippen molar-refractivity contribution < 1.29 is 14.3 Å². The van der Waals surface area contributed by atoms with Crippen LogP contribution in [0.2, 0.25) is 0 Å². The standard InChI is InChI=1S/C22H25BrN2O3/c23-19-8-4-6-17(14-19)15-24-22(27)18-7-5-12-25(16-18)21(26)11-13-28-20-9-2-1-3-10-20/h1-4,6,8-10,14,18H,5,7,11-13,15-16H2,(H,24,27). The molecule has 1 atom stereocenters. The molecule has 1 aliphatic heterocycles. The molecule has 0 saturated carbocycles. The fourth-order valence-electron chi connectivity index (χ4n) is 3.33. The van der Waals surface area contributed by atoms with Crippen molar-refractivity contribution in [3.8, 4) is 5.75 Å². The summed E-state index contributed by atoms with van der Waals surface area (Å²) >= 11 is 3.44. The van der Waals surface area contributed by atoms with E-state index in [0.29, 0.717) is 32.7 Å². The van der Waals surface area contributed by atoms with E-state index in [1.54, 1.807) is 4.90 Å². The summed E-state index contributed by atoms with van der Waals surface area (Å²) in [5, 5.41) is 3.00. The van der Waals surface area contributed by atoms with Crippen LogP contribution < -0.4 is 10.1 Å². The Balaban J connectivity index is 1.43. The Morgan fingerprint density at radius 2 is 1.96 bits per heavy atom. The van der Waals surface area contributed by atoms with E-state index < -0.39 is 0 Å². The molecule has 0 radical (unpaired) electrons. The zero-order valence-electron chi connectivity index (χ0n) is 15.8. The lowest BCUT2D eigenvalue weighted by atomic mass is 9.96. The van der Waals surface area contributed by atoms with Gasteiger partial charge in [-0.15, -0.1) is 0 Å². The minimum Gasteiger partial charge on any atom is -0.493 e. The number of para-hydroxylation sites is 1. The first kappa shape index (κ1) is 20.4. The third-order valence-corrected chi connectivity index (χ3v) is 5.32. The summed E-state index contributed by atoms with van der Waals surface area (Å²) < 4.78 is 6.60. The number of amides is 2. The molecule has 0 aromatic heterocycles. The SMILES string of the molecule is O=C(NCc1cccc(Br)c1)C1CCCN(C(=O)CCOc2ccccc2)C1. The van der Waals surface area contributed by atoms with E-state index in [1.165, 1.54) is 0 Å². The first-order valence-electron chi connectivity index (χ1n) is 9.59. The maximum Gasteiger partial charge on any atom is 0.226 e. The van der Waals surface area contributed by atoms with Crippen LogP contribution in [-0.4, -0.2) is 36.4 Å². The first-order chi connectivity index (χ1) is 13.6. The van der Waals surface area contributed by atoms with E-state index in [4.69, 9.17) is 4.74 Å². The number of carbonyl (C=O) groups excluding carboxylic acids is 2. The average molecular weight is 445 g/mol. The molecular formula is C22H25BrN2O3. The van der Waals surface area contributed by atoms with Gasteiger partial charge in [0.2, 0.25) is 11.8 Å². The summed E-state index contributed by atoms with van der Waals surface area (Å²) in [6.45, 7) is 2.03. The number of nitrogens with one attached hydrogen (secondary N) is 1. The van der Waals surface area contributed by atoms with Crippen LogP contribution in [-0.2, 0) is 16.1 Å². The van der Waals surface area contributed by atoms with Gasteiger partial charge in [-0.25, -0.2) is 0 Å². The molecule has 1 unspecified atom stereocenters. The van der Waals surface area contributed by atoms with Crippen LogP contribution >= 0.6 is 15.9 Å². The number of carbonyl (C=O) groups is 2. The van der Waals surface area contributed by atoms with Crippen molar-refractivity contribution in [2.45, 2.75) is 25.8 Å². The highest BCUT2D eigenvalue weighted by atomic mass is 79.9. The molecule has 2 aromatic carbocycles. The van der Waals surface area contributed by atoms with Gasteiger partial charge in [-0.2, -0.15) is 0 Å². The molecule has 28 heavy (non-hydrogen) atoms. The molecular weight excluding hydrogens is 420 g/mol. The highest BCUT2D eigenvalue weighted by Crippen LogP contribution is 2.18. The monoisotopic (exact) mass is 444 g/mol. The van der Waals surface area contributed by atoms with Crippen LogP contribution in [0.5, 0.6) is 5.75 Å². The molecule has 1 heterocycles. The zero-order chi connectivity index (χ0) is 19.8. The fraction of sp³-hybridized carbons (Fsp3) is 0.364. The topological polar surface area (TPSA) is 58.6 Å². The lowest BCUT2D eigenvalue weighted by Gasteiger charge is -2.32. The van der Waals surface area contributed by atoms with E-state index in [-0.39, 0.29) is 17.7 Å². The summed E-state index contributed by atoms with van der Waals surface area (Å²) in [5.41, 5.74) is 1.05. The normalized spacial score (nSPS) is 16.5. The van der Waals surface area contributed by atoms with Crippen molar-refractivity contribution in [3.63, 3.8) is 0 Å². The number of piperidine rings is 1. The minimum absolute atomic E-state index is 0.0120. The maximum absolute atomic E-state index is 12.5. The van der Waals surface area contributed by atoms with Crippen molar-refractivity contribution in [2.75, 3.05) is 19.7 Å². The van der Waals surface area contributed by atoms with E-state index in [0.717, 1.165) is 28.6 Å². The minimum atomic E-state index is -0.153. The van der Waals surface area contributed by atoms with Crippen molar-refractivity contribution in [2.24, 2.45) is 5.92 Å². The first-order valence-corrected chi connectivity index (χ1v) is 10.4. The van der Waals surface area contributed by atoms with Gasteiger partial charge >= 0.3 is 0 Å². The second kappa shape index (κ2) is 10.3. The van der Waals surface area contributed by atoms with Crippen molar-refractivity contribution in [3.05, 3.63) is 64.6 Å². The lowest BCUT2D eigenvalue weighted by molar-refractivity contribution is -0.136. The van der Waals surface area contributed by atoms with Crippen LogP contribution in [0.25, 0.3) is 0 Å². The Hall–Kier alpha value is -2.34. The molecule has 148 valence electrons. The molecule has 5 nitrogen and oxygen atoms in total. The molecule has 1 fully saturated rings. The third kappa shape index (κ3) is 6.09. The molecule has 0 bridgehead atoms. The molecule has 0 aliphatic carbocycles. The number of rotatable bonds is 7. The molecule has 1 N–H and O–H groups in total. The van der Waals surface area contributed by atoms with Crippen LogP contribution in [0.4, 0.5) is 0 Å². The van der Waals surface area contributed by atoms with Crippen LogP contribution in [0, 0.1) is 5.92 Å². The van der Waals surface area contributed by atoms with E-state index >= 15 is 0 Å². The summed E-state index contributed by atoms with van der Waals surface area (Å²) in [6.07, 6.45) is 1.98. The molecule has 1 aliphatic rings. The molecule has 2 amide bonds. The van der Waals surface area contributed by atoms with E-state index in [2.05, 4.69) is 21.2 Å². The number of halogens is 1. The Morgan fingerprint density at radius 3 is 2.75 bits per heavy atom. The second-order valence-electron chi connectivity index (χ2n) is 6.94. The van der Waals surface area contributed by atoms with Gasteiger partial charge in [0.15, 0.2) is 0 Å². The number of benzene rings is 2. The van der Waals surface area contributed by atoms with Crippen LogP contribution in [0.1, 0.15) is 24.8 Å². The van der Waals surface area contributed by atoms with E-state index in [9.17, 15) is 9.59 Å². The maximum atomic E-state index is 12.5. The van der Waals surface area contributed by atoms with Crippen molar-refractivity contribution >= 4 is 27.7 Å². The quantitative estimate of drug-likeness (QED) is 0.706. The largest absolute Gasteiger partial charge is 0.493 e. The molecule has 6 heteroatoms. The number of hydrogen-bond donors (Lipinski definition) is 1. The van der Waals surface area contributed by atoms with Gasteiger partial charge in [0.05, 0.1) is 18.9 Å². The van der Waals surface area contributed by atoms with Crippen LogP contribution in [0.3, 0.4) is 0 Å². The summed E-state index contributed by atoms with van der Waals surface area (Å²) in [5.74, 6) is 0.664.